The highest BCUT2D eigenvalue weighted by atomic mass is 32.1. The Bertz CT molecular complexity index is 496. The normalized spacial score (nSPS) is 29.2. The van der Waals surface area contributed by atoms with Crippen LogP contribution in [0, 0.1) is 10.6 Å². The van der Waals surface area contributed by atoms with Crippen molar-refractivity contribution in [1.82, 2.24) is 9.97 Å². The van der Waals surface area contributed by atoms with E-state index in [1.165, 1.54) is 0 Å². The highest BCUT2D eigenvalue weighted by molar-refractivity contribution is 7.71. The molecule has 1 aromatic heterocycles. The SMILES string of the molecule is O=c1[nH]cc([C@H]2CC[C@@H](CO)C[C@@H]2O)c(=S)[nH]1. The summed E-state index contributed by atoms with van der Waals surface area (Å²) in [6.07, 6.45) is 3.28. The summed E-state index contributed by atoms with van der Waals surface area (Å²) in [5.41, 5.74) is 0.445. The second-order valence-electron chi connectivity index (χ2n) is 4.56. The zero-order valence-corrected chi connectivity index (χ0v) is 10.2. The molecule has 1 saturated carbocycles. The molecule has 94 valence electrons. The lowest BCUT2D eigenvalue weighted by Gasteiger charge is -2.32. The van der Waals surface area contributed by atoms with Crippen molar-refractivity contribution in [3.05, 3.63) is 26.9 Å². The van der Waals surface area contributed by atoms with E-state index in [0.717, 1.165) is 18.4 Å². The Hall–Kier alpha value is -0.980. The van der Waals surface area contributed by atoms with Crippen molar-refractivity contribution < 1.29 is 10.2 Å². The van der Waals surface area contributed by atoms with Gasteiger partial charge in [0.15, 0.2) is 0 Å². The van der Waals surface area contributed by atoms with Gasteiger partial charge in [-0.05, 0) is 25.2 Å². The second-order valence-corrected chi connectivity index (χ2v) is 4.97. The van der Waals surface area contributed by atoms with Gasteiger partial charge in [-0.2, -0.15) is 0 Å². The predicted octanol–water partition coefficient (Wildman–Crippen LogP) is 0.669. The number of hydrogen-bond donors (Lipinski definition) is 4. The monoisotopic (exact) mass is 256 g/mol. The molecule has 1 heterocycles. The van der Waals surface area contributed by atoms with Crippen LogP contribution < -0.4 is 5.69 Å². The first kappa shape index (κ1) is 12.5. The minimum absolute atomic E-state index is 0.0570. The van der Waals surface area contributed by atoms with Gasteiger partial charge in [0.2, 0.25) is 0 Å². The number of aliphatic hydroxyl groups is 2. The lowest BCUT2D eigenvalue weighted by Crippen LogP contribution is -2.30. The van der Waals surface area contributed by atoms with Crippen LogP contribution in [0.25, 0.3) is 0 Å². The van der Waals surface area contributed by atoms with Gasteiger partial charge in [-0.25, -0.2) is 4.79 Å². The topological polar surface area (TPSA) is 89.1 Å². The van der Waals surface area contributed by atoms with Crippen LogP contribution in [-0.4, -0.2) is 32.9 Å². The molecule has 1 aliphatic carbocycles. The van der Waals surface area contributed by atoms with E-state index in [-0.39, 0.29) is 24.1 Å². The summed E-state index contributed by atoms with van der Waals surface area (Å²) in [4.78, 5) is 16.1. The molecule has 3 atom stereocenters. The molecule has 4 N–H and O–H groups in total. The molecule has 2 rings (SSSR count). The molecule has 1 fully saturated rings. The Morgan fingerprint density at radius 2 is 2.24 bits per heavy atom. The lowest BCUT2D eigenvalue weighted by molar-refractivity contribution is 0.0568. The van der Waals surface area contributed by atoms with E-state index in [1.807, 2.05) is 0 Å². The third-order valence-corrected chi connectivity index (χ3v) is 3.77. The second kappa shape index (κ2) is 5.12. The average Bonchev–Trinajstić information content (AvgIpc) is 2.30. The zero-order valence-electron chi connectivity index (χ0n) is 9.35. The molecule has 0 aliphatic heterocycles. The van der Waals surface area contributed by atoms with Crippen LogP contribution in [0.4, 0.5) is 0 Å². The van der Waals surface area contributed by atoms with Gasteiger partial charge in [0.25, 0.3) is 0 Å². The van der Waals surface area contributed by atoms with E-state index in [4.69, 9.17) is 17.3 Å². The number of aromatic amines is 2. The molecule has 0 spiro atoms. The largest absolute Gasteiger partial charge is 0.396 e. The molecule has 1 aromatic rings. The van der Waals surface area contributed by atoms with Crippen molar-refractivity contribution in [2.45, 2.75) is 31.3 Å². The Labute approximate surface area is 104 Å². The van der Waals surface area contributed by atoms with E-state index in [9.17, 15) is 9.90 Å². The number of H-pyrrole nitrogens is 2. The van der Waals surface area contributed by atoms with E-state index in [0.29, 0.717) is 11.1 Å². The average molecular weight is 256 g/mol. The standard InChI is InChI=1S/C11H16N2O3S/c14-5-6-1-2-7(9(15)3-6)8-4-12-11(16)13-10(8)17/h4,6-7,9,14-15H,1-3,5H2,(H2,12,13,16,17)/t6-,7-,9+/m1/s1. The van der Waals surface area contributed by atoms with Crippen LogP contribution in [0.1, 0.15) is 30.7 Å². The summed E-state index contributed by atoms with van der Waals surface area (Å²) in [6.45, 7) is 0.113. The lowest BCUT2D eigenvalue weighted by atomic mass is 9.77. The van der Waals surface area contributed by atoms with E-state index >= 15 is 0 Å². The van der Waals surface area contributed by atoms with Crippen molar-refractivity contribution in [2.24, 2.45) is 5.92 Å². The Kier molecular flexibility index (Phi) is 3.76. The van der Waals surface area contributed by atoms with Gasteiger partial charge in [0.05, 0.1) is 6.10 Å². The van der Waals surface area contributed by atoms with Crippen LogP contribution in [0.5, 0.6) is 0 Å². The van der Waals surface area contributed by atoms with Gasteiger partial charge in [0, 0.05) is 24.3 Å². The molecule has 0 bridgehead atoms. The maximum Gasteiger partial charge on any atom is 0.323 e. The fourth-order valence-corrected chi connectivity index (χ4v) is 2.76. The number of rotatable bonds is 2. The van der Waals surface area contributed by atoms with E-state index < -0.39 is 6.10 Å². The number of nitrogens with one attached hydrogen (secondary N) is 2. The summed E-state index contributed by atoms with van der Waals surface area (Å²) in [6, 6.07) is 0. The summed E-state index contributed by atoms with van der Waals surface area (Å²) in [5.74, 6) is 0.111. The summed E-state index contributed by atoms with van der Waals surface area (Å²) in [5, 5.41) is 19.1. The Morgan fingerprint density at radius 3 is 2.82 bits per heavy atom. The fourth-order valence-electron chi connectivity index (χ4n) is 2.46. The molecule has 0 aromatic carbocycles. The zero-order chi connectivity index (χ0) is 12.4. The van der Waals surface area contributed by atoms with Crippen LogP contribution in [-0.2, 0) is 0 Å². The molecule has 0 unspecified atom stereocenters. The maximum absolute atomic E-state index is 11.0. The van der Waals surface area contributed by atoms with Gasteiger partial charge in [-0.3, -0.25) is 4.98 Å². The van der Waals surface area contributed by atoms with Crippen molar-refractivity contribution in [1.29, 1.82) is 0 Å². The van der Waals surface area contributed by atoms with Crippen molar-refractivity contribution in [3.8, 4) is 0 Å². The van der Waals surface area contributed by atoms with Gasteiger partial charge < -0.3 is 15.2 Å². The molecule has 5 nitrogen and oxygen atoms in total. The molecular formula is C11H16N2O3S. The quantitative estimate of drug-likeness (QED) is 0.586. The molecule has 0 radical (unpaired) electrons. The molecular weight excluding hydrogens is 240 g/mol. The van der Waals surface area contributed by atoms with Crippen LogP contribution in [0.3, 0.4) is 0 Å². The summed E-state index contributed by atoms with van der Waals surface area (Å²) in [7, 11) is 0. The molecule has 17 heavy (non-hydrogen) atoms. The van der Waals surface area contributed by atoms with E-state index in [1.54, 1.807) is 6.20 Å². The van der Waals surface area contributed by atoms with Gasteiger partial charge in [-0.1, -0.05) is 12.2 Å². The van der Waals surface area contributed by atoms with Gasteiger partial charge in [0.1, 0.15) is 4.64 Å². The third kappa shape index (κ3) is 2.65. The number of hydrogen-bond acceptors (Lipinski definition) is 4. The summed E-state index contributed by atoms with van der Waals surface area (Å²) >= 11 is 5.10. The first-order valence-electron chi connectivity index (χ1n) is 5.72. The maximum atomic E-state index is 11.0. The van der Waals surface area contributed by atoms with Crippen molar-refractivity contribution in [3.63, 3.8) is 0 Å². The molecule has 0 saturated heterocycles. The van der Waals surface area contributed by atoms with Gasteiger partial charge >= 0.3 is 5.69 Å². The van der Waals surface area contributed by atoms with Crippen molar-refractivity contribution >= 4 is 12.2 Å². The molecule has 6 heteroatoms. The van der Waals surface area contributed by atoms with Crippen LogP contribution in [0.2, 0.25) is 0 Å². The first-order valence-corrected chi connectivity index (χ1v) is 6.13. The summed E-state index contributed by atoms with van der Waals surface area (Å²) < 4.78 is 0.389. The molecule has 0 amide bonds. The number of aromatic nitrogens is 2. The minimum atomic E-state index is -0.512. The fraction of sp³-hybridized carbons (Fsp3) is 0.636. The van der Waals surface area contributed by atoms with E-state index in [2.05, 4.69) is 9.97 Å². The highest BCUT2D eigenvalue weighted by Gasteiger charge is 2.30. The smallest absolute Gasteiger partial charge is 0.323 e. The molecule has 1 aliphatic rings. The number of aliphatic hydroxyl groups excluding tert-OH is 2. The Balaban J connectivity index is 2.23. The highest BCUT2D eigenvalue weighted by Crippen LogP contribution is 2.35. The first-order chi connectivity index (χ1) is 8.11. The van der Waals surface area contributed by atoms with Gasteiger partial charge in [-0.15, -0.1) is 0 Å². The Morgan fingerprint density at radius 1 is 1.47 bits per heavy atom. The van der Waals surface area contributed by atoms with Crippen LogP contribution in [0.15, 0.2) is 11.0 Å². The third-order valence-electron chi connectivity index (χ3n) is 3.43. The van der Waals surface area contributed by atoms with Crippen molar-refractivity contribution in [2.75, 3.05) is 6.61 Å². The predicted molar refractivity (Wildman–Crippen MR) is 65.4 cm³/mol. The van der Waals surface area contributed by atoms with Crippen LogP contribution >= 0.6 is 12.2 Å². The minimum Gasteiger partial charge on any atom is -0.396 e.